The fraction of sp³-hybridized carbons (Fsp3) is 0.423. The molecule has 2 fully saturated rings. The molecule has 182 valence electrons. The second kappa shape index (κ2) is 8.96. The van der Waals surface area contributed by atoms with Gasteiger partial charge in [-0.2, -0.15) is 9.97 Å². The number of rotatable bonds is 6. The molecular weight excluding hydrogens is 447 g/mol. The Morgan fingerprint density at radius 2 is 1.94 bits per heavy atom. The lowest BCUT2D eigenvalue weighted by Gasteiger charge is -2.33. The van der Waals surface area contributed by atoms with E-state index in [1.807, 2.05) is 31.2 Å². The van der Waals surface area contributed by atoms with Crippen molar-refractivity contribution in [1.29, 1.82) is 0 Å². The highest BCUT2D eigenvalue weighted by Gasteiger charge is 2.24. The Balaban J connectivity index is 1.30. The Kier molecular flexibility index (Phi) is 5.64. The number of nitrogens with zero attached hydrogens (tertiary/aromatic N) is 5. The van der Waals surface area contributed by atoms with Crippen LogP contribution in [0.1, 0.15) is 48.9 Å². The molecular formula is C26H29FN6O2. The second-order valence-corrected chi connectivity index (χ2v) is 9.77. The summed E-state index contributed by atoms with van der Waals surface area (Å²) in [6.45, 7) is 5.53. The van der Waals surface area contributed by atoms with E-state index in [0.717, 1.165) is 68.1 Å². The van der Waals surface area contributed by atoms with Gasteiger partial charge >= 0.3 is 6.01 Å². The van der Waals surface area contributed by atoms with Gasteiger partial charge in [0, 0.05) is 49.8 Å². The Morgan fingerprint density at radius 3 is 2.71 bits per heavy atom. The zero-order valence-electron chi connectivity index (χ0n) is 20.1. The molecule has 8 nitrogen and oxygen atoms in total. The molecule has 1 aliphatic heterocycles. The Hall–Kier alpha value is -3.46. The highest BCUT2D eigenvalue weighted by Crippen LogP contribution is 2.37. The van der Waals surface area contributed by atoms with Crippen LogP contribution in [0.2, 0.25) is 0 Å². The Labute approximate surface area is 203 Å². The summed E-state index contributed by atoms with van der Waals surface area (Å²) in [5.41, 5.74) is 3.64. The largest absolute Gasteiger partial charge is 0.421 e. The summed E-state index contributed by atoms with van der Waals surface area (Å²) in [4.78, 5) is 13.6. The van der Waals surface area contributed by atoms with Gasteiger partial charge in [0.1, 0.15) is 11.6 Å². The van der Waals surface area contributed by atoms with Crippen molar-refractivity contribution in [1.82, 2.24) is 20.0 Å². The number of likely N-dealkylation sites (N-methyl/N-ethyl adjacent to an activating group) is 1. The van der Waals surface area contributed by atoms with E-state index in [0.29, 0.717) is 23.2 Å². The number of halogens is 1. The van der Waals surface area contributed by atoms with Gasteiger partial charge in [0.25, 0.3) is 0 Å². The van der Waals surface area contributed by atoms with Crippen molar-refractivity contribution < 1.29 is 13.7 Å². The monoisotopic (exact) mass is 476 g/mol. The molecule has 3 aliphatic rings. The first-order valence-corrected chi connectivity index (χ1v) is 12.2. The summed E-state index contributed by atoms with van der Waals surface area (Å²) >= 11 is 0. The first kappa shape index (κ1) is 22.0. The lowest BCUT2D eigenvalue weighted by Crippen LogP contribution is -2.44. The quantitative estimate of drug-likeness (QED) is 0.525. The molecule has 0 bridgehead atoms. The topological polar surface area (TPSA) is 79.5 Å². The van der Waals surface area contributed by atoms with Crippen LogP contribution in [-0.4, -0.2) is 53.3 Å². The third-order valence-electron chi connectivity index (χ3n) is 7.12. The molecule has 3 heterocycles. The van der Waals surface area contributed by atoms with Gasteiger partial charge in [-0.15, -0.1) is 0 Å². The summed E-state index contributed by atoms with van der Waals surface area (Å²) in [7, 11) is 2.11. The van der Waals surface area contributed by atoms with Crippen molar-refractivity contribution >= 4 is 23.6 Å². The second-order valence-electron chi connectivity index (χ2n) is 9.77. The van der Waals surface area contributed by atoms with Crippen LogP contribution in [0, 0.1) is 5.82 Å². The predicted octanol–water partition coefficient (Wildman–Crippen LogP) is 5.12. The van der Waals surface area contributed by atoms with E-state index < -0.39 is 0 Å². The molecule has 1 N–H and O–H groups in total. The first-order chi connectivity index (χ1) is 17.0. The molecule has 0 unspecified atom stereocenters. The number of benzene rings is 1. The van der Waals surface area contributed by atoms with E-state index in [2.05, 4.69) is 37.3 Å². The smallest absolute Gasteiger partial charge is 0.326 e. The number of anilines is 3. The number of fused-ring (bicyclic) bond motifs is 1. The zero-order chi connectivity index (χ0) is 23.9. The summed E-state index contributed by atoms with van der Waals surface area (Å²) in [6, 6.07) is 7.44. The third kappa shape index (κ3) is 4.48. The van der Waals surface area contributed by atoms with Crippen LogP contribution >= 0.6 is 0 Å². The Morgan fingerprint density at radius 1 is 1.11 bits per heavy atom. The molecule has 2 aromatic heterocycles. The maximum absolute atomic E-state index is 15.2. The highest BCUT2D eigenvalue weighted by atomic mass is 19.1. The fourth-order valence-corrected chi connectivity index (χ4v) is 4.79. The van der Waals surface area contributed by atoms with Crippen LogP contribution in [0.15, 0.2) is 34.4 Å². The fourth-order valence-electron chi connectivity index (χ4n) is 4.79. The van der Waals surface area contributed by atoms with Gasteiger partial charge in [0.2, 0.25) is 5.88 Å². The minimum absolute atomic E-state index is 0.0835. The summed E-state index contributed by atoms with van der Waals surface area (Å²) in [5, 5.41) is 7.42. The number of hydrogen-bond donors (Lipinski definition) is 1. The lowest BCUT2D eigenvalue weighted by atomic mass is 9.83. The number of ether oxygens (including phenoxy) is 1. The van der Waals surface area contributed by atoms with Crippen LogP contribution in [-0.2, 0) is 6.42 Å². The molecule has 35 heavy (non-hydrogen) atoms. The van der Waals surface area contributed by atoms with Gasteiger partial charge in [-0.05, 0) is 44.9 Å². The molecule has 0 atom stereocenters. The molecule has 1 aromatic carbocycles. The average Bonchev–Trinajstić information content (AvgIpc) is 3.41. The van der Waals surface area contributed by atoms with Gasteiger partial charge in [0.15, 0.2) is 11.6 Å². The highest BCUT2D eigenvalue weighted by molar-refractivity contribution is 5.66. The summed E-state index contributed by atoms with van der Waals surface area (Å²) < 4.78 is 26.7. The van der Waals surface area contributed by atoms with Crippen LogP contribution in [0.25, 0.3) is 6.08 Å². The standard InChI is InChI=1S/C26H29FN6O2/c1-16-12-18-6-7-21(25(27)19(18)13-16)34-26-29-22(15-23(30-26)33-10-8-32(2)9-11-33)28-24-14-20(31-35-24)17-4-3-5-17/h6-7,13-15,17H,3-5,8-12H2,1-2H3,(H,28,29,30). The van der Waals surface area contributed by atoms with E-state index in [4.69, 9.17) is 9.26 Å². The maximum Gasteiger partial charge on any atom is 0.326 e. The average molecular weight is 477 g/mol. The molecule has 1 saturated heterocycles. The molecule has 0 spiro atoms. The third-order valence-corrected chi connectivity index (χ3v) is 7.12. The number of allylic oxidation sites excluding steroid dienone is 1. The first-order valence-electron chi connectivity index (χ1n) is 12.2. The number of aromatic nitrogens is 3. The van der Waals surface area contributed by atoms with Crippen molar-refractivity contribution in [2.45, 2.75) is 38.5 Å². The molecule has 9 heteroatoms. The van der Waals surface area contributed by atoms with E-state index in [9.17, 15) is 0 Å². The SMILES string of the molecule is CC1=Cc2c(ccc(Oc3nc(Nc4cc(C5CCC5)no4)cc(N4CCN(C)CC4)n3)c2F)C1. The van der Waals surface area contributed by atoms with Gasteiger partial charge in [0.05, 0.1) is 5.69 Å². The van der Waals surface area contributed by atoms with E-state index >= 15 is 4.39 Å². The van der Waals surface area contributed by atoms with Crippen LogP contribution < -0.4 is 15.0 Å². The van der Waals surface area contributed by atoms with Crippen LogP contribution in [0.5, 0.6) is 11.8 Å². The minimum Gasteiger partial charge on any atom is -0.421 e. The summed E-state index contributed by atoms with van der Waals surface area (Å²) in [6.07, 6.45) is 6.15. The van der Waals surface area contributed by atoms with Crippen molar-refractivity contribution in [3.63, 3.8) is 0 Å². The lowest BCUT2D eigenvalue weighted by molar-refractivity contribution is 0.311. The molecule has 0 amide bonds. The van der Waals surface area contributed by atoms with E-state index in [1.165, 1.54) is 6.42 Å². The maximum atomic E-state index is 15.2. The van der Waals surface area contributed by atoms with E-state index in [1.54, 1.807) is 6.07 Å². The Bertz CT molecular complexity index is 1280. The number of piperazine rings is 1. The predicted molar refractivity (Wildman–Crippen MR) is 132 cm³/mol. The number of hydrogen-bond acceptors (Lipinski definition) is 8. The number of nitrogens with one attached hydrogen (secondary N) is 1. The van der Waals surface area contributed by atoms with Crippen molar-refractivity contribution in [2.75, 3.05) is 43.4 Å². The van der Waals surface area contributed by atoms with Gasteiger partial charge in [-0.25, -0.2) is 4.39 Å². The summed E-state index contributed by atoms with van der Waals surface area (Å²) in [5.74, 6) is 1.95. The van der Waals surface area contributed by atoms with Crippen LogP contribution in [0.4, 0.5) is 21.9 Å². The van der Waals surface area contributed by atoms with Crippen molar-refractivity contribution in [3.05, 3.63) is 52.5 Å². The minimum atomic E-state index is -0.386. The molecule has 1 saturated carbocycles. The van der Waals surface area contributed by atoms with E-state index in [-0.39, 0.29) is 17.6 Å². The van der Waals surface area contributed by atoms with Crippen molar-refractivity contribution in [3.8, 4) is 11.8 Å². The molecule has 6 rings (SSSR count). The van der Waals surface area contributed by atoms with Gasteiger partial charge in [-0.3, -0.25) is 0 Å². The normalized spacial score (nSPS) is 18.3. The van der Waals surface area contributed by atoms with Gasteiger partial charge < -0.3 is 24.4 Å². The zero-order valence-corrected chi connectivity index (χ0v) is 20.1. The molecule has 2 aliphatic carbocycles. The molecule has 3 aromatic rings. The molecule has 0 radical (unpaired) electrons. The van der Waals surface area contributed by atoms with Crippen LogP contribution in [0.3, 0.4) is 0 Å². The van der Waals surface area contributed by atoms with Gasteiger partial charge in [-0.1, -0.05) is 29.3 Å². The van der Waals surface area contributed by atoms with Crippen molar-refractivity contribution in [2.24, 2.45) is 0 Å².